The minimum atomic E-state index is -0.289. The largest absolute Gasteiger partial charge is 0.329 e. The van der Waals surface area contributed by atoms with E-state index in [1.807, 2.05) is 13.8 Å². The summed E-state index contributed by atoms with van der Waals surface area (Å²) in [5.74, 6) is 1.35. The van der Waals surface area contributed by atoms with Crippen molar-refractivity contribution < 1.29 is 0 Å². The van der Waals surface area contributed by atoms with Crippen molar-refractivity contribution in [2.75, 3.05) is 24.6 Å². The van der Waals surface area contributed by atoms with Gasteiger partial charge >= 0.3 is 0 Å². The van der Waals surface area contributed by atoms with E-state index in [-0.39, 0.29) is 11.1 Å². The molecule has 0 aromatic carbocycles. The highest BCUT2D eigenvalue weighted by Gasteiger charge is 2.24. The monoisotopic (exact) mass is 223 g/mol. The van der Waals surface area contributed by atoms with Crippen LogP contribution in [0, 0.1) is 0 Å². The zero-order valence-corrected chi connectivity index (χ0v) is 10.2. The Morgan fingerprint density at radius 1 is 1.23 bits per heavy atom. The highest BCUT2D eigenvalue weighted by atomic mass is 32.1. The average molecular weight is 223 g/mol. The molecule has 0 aliphatic rings. The molecule has 0 spiro atoms. The highest BCUT2D eigenvalue weighted by Crippen LogP contribution is 2.07. The Balaban J connectivity index is 3.99. The van der Waals surface area contributed by atoms with Crippen LogP contribution in [0.4, 0.5) is 0 Å². The van der Waals surface area contributed by atoms with E-state index < -0.39 is 0 Å². The van der Waals surface area contributed by atoms with Gasteiger partial charge in [0, 0.05) is 35.7 Å². The fourth-order valence-corrected chi connectivity index (χ4v) is 1.02. The van der Waals surface area contributed by atoms with E-state index in [1.165, 1.54) is 0 Å². The SMILES string of the molecule is CC(N)(CS)CNC(C)(CN)CS. The summed E-state index contributed by atoms with van der Waals surface area (Å²) in [4.78, 5) is 0. The molecular weight excluding hydrogens is 202 g/mol. The molecule has 5 heteroatoms. The molecule has 80 valence electrons. The molecule has 2 atom stereocenters. The van der Waals surface area contributed by atoms with Crippen molar-refractivity contribution in [2.24, 2.45) is 11.5 Å². The number of nitrogens with one attached hydrogen (secondary N) is 1. The Bertz CT molecular complexity index is 146. The van der Waals surface area contributed by atoms with Gasteiger partial charge in [0.05, 0.1) is 0 Å². The number of hydrogen-bond acceptors (Lipinski definition) is 5. The first-order valence-electron chi connectivity index (χ1n) is 4.35. The van der Waals surface area contributed by atoms with Crippen molar-refractivity contribution in [3.8, 4) is 0 Å². The van der Waals surface area contributed by atoms with Crippen molar-refractivity contribution >= 4 is 25.3 Å². The van der Waals surface area contributed by atoms with Crippen LogP contribution in [0.1, 0.15) is 13.8 Å². The summed E-state index contributed by atoms with van der Waals surface area (Å²) in [7, 11) is 0. The molecule has 0 saturated carbocycles. The van der Waals surface area contributed by atoms with Crippen molar-refractivity contribution in [2.45, 2.75) is 24.9 Å². The van der Waals surface area contributed by atoms with Crippen LogP contribution in [0.15, 0.2) is 0 Å². The van der Waals surface area contributed by atoms with Gasteiger partial charge in [-0.1, -0.05) is 0 Å². The number of rotatable bonds is 6. The van der Waals surface area contributed by atoms with Crippen LogP contribution in [0.25, 0.3) is 0 Å². The molecule has 5 N–H and O–H groups in total. The lowest BCUT2D eigenvalue weighted by Gasteiger charge is -2.32. The van der Waals surface area contributed by atoms with Gasteiger partial charge in [-0.2, -0.15) is 25.3 Å². The summed E-state index contributed by atoms with van der Waals surface area (Å²) in [5.41, 5.74) is 11.1. The van der Waals surface area contributed by atoms with Crippen LogP contribution in [0.5, 0.6) is 0 Å². The van der Waals surface area contributed by atoms with Crippen molar-refractivity contribution in [3.05, 3.63) is 0 Å². The summed E-state index contributed by atoms with van der Waals surface area (Å²) in [6.45, 7) is 5.25. The summed E-state index contributed by atoms with van der Waals surface area (Å²) < 4.78 is 0. The molecule has 2 unspecified atom stereocenters. The molecule has 0 amide bonds. The van der Waals surface area contributed by atoms with Crippen molar-refractivity contribution in [3.63, 3.8) is 0 Å². The second-order valence-electron chi connectivity index (χ2n) is 4.09. The first-order chi connectivity index (χ1) is 5.89. The normalized spacial score (nSPS) is 20.8. The smallest absolute Gasteiger partial charge is 0.0364 e. The molecule has 0 radical (unpaired) electrons. The summed E-state index contributed by atoms with van der Waals surface area (Å²) in [6.07, 6.45) is 0. The van der Waals surface area contributed by atoms with E-state index in [9.17, 15) is 0 Å². The first-order valence-corrected chi connectivity index (χ1v) is 5.61. The second kappa shape index (κ2) is 5.46. The van der Waals surface area contributed by atoms with Crippen LogP contribution >= 0.6 is 25.3 Å². The highest BCUT2D eigenvalue weighted by molar-refractivity contribution is 7.80. The van der Waals surface area contributed by atoms with Crippen LogP contribution < -0.4 is 16.8 Å². The van der Waals surface area contributed by atoms with Gasteiger partial charge in [-0.15, -0.1) is 0 Å². The fraction of sp³-hybridized carbons (Fsp3) is 1.00. The van der Waals surface area contributed by atoms with Crippen LogP contribution in [0.3, 0.4) is 0 Å². The van der Waals surface area contributed by atoms with E-state index in [2.05, 4.69) is 30.6 Å². The minimum absolute atomic E-state index is 0.132. The Kier molecular flexibility index (Phi) is 5.70. The lowest BCUT2D eigenvalue weighted by molar-refractivity contribution is 0.356. The Morgan fingerprint density at radius 3 is 2.08 bits per heavy atom. The minimum Gasteiger partial charge on any atom is -0.329 e. The van der Waals surface area contributed by atoms with E-state index in [1.54, 1.807) is 0 Å². The number of hydrogen-bond donors (Lipinski definition) is 5. The van der Waals surface area contributed by atoms with E-state index >= 15 is 0 Å². The molecule has 0 bridgehead atoms. The summed E-state index contributed by atoms with van der Waals surface area (Å²) in [5, 5.41) is 3.31. The van der Waals surface area contributed by atoms with Crippen LogP contribution in [-0.2, 0) is 0 Å². The molecule has 0 saturated heterocycles. The third-order valence-electron chi connectivity index (χ3n) is 2.08. The molecule has 0 aliphatic heterocycles. The quantitative estimate of drug-likeness (QED) is 0.408. The van der Waals surface area contributed by atoms with E-state index in [0.717, 1.165) is 0 Å². The fourth-order valence-electron chi connectivity index (χ4n) is 0.664. The molecule has 3 nitrogen and oxygen atoms in total. The van der Waals surface area contributed by atoms with Gasteiger partial charge in [0.15, 0.2) is 0 Å². The van der Waals surface area contributed by atoms with Crippen LogP contribution in [-0.4, -0.2) is 35.7 Å². The third-order valence-corrected chi connectivity index (χ3v) is 3.50. The molecule has 0 aromatic heterocycles. The summed E-state index contributed by atoms with van der Waals surface area (Å²) in [6, 6.07) is 0. The van der Waals surface area contributed by atoms with Crippen molar-refractivity contribution in [1.29, 1.82) is 0 Å². The number of nitrogens with two attached hydrogens (primary N) is 2. The predicted molar refractivity (Wildman–Crippen MR) is 65.8 cm³/mol. The Hall–Kier alpha value is 0.580. The first kappa shape index (κ1) is 13.6. The second-order valence-corrected chi connectivity index (χ2v) is 4.72. The lowest BCUT2D eigenvalue weighted by Crippen LogP contribution is -2.58. The molecule has 0 aliphatic carbocycles. The predicted octanol–water partition coefficient (Wildman–Crippen LogP) is -0.130. The maximum absolute atomic E-state index is 5.93. The lowest BCUT2D eigenvalue weighted by atomic mass is 10.0. The van der Waals surface area contributed by atoms with Gasteiger partial charge in [-0.25, -0.2) is 0 Å². The standard InChI is InChI=1S/C8H21N3S2/c1-7(10,5-12)4-11-8(2,3-9)6-13/h11-13H,3-6,9-10H2,1-2H3. The Labute approximate surface area is 91.8 Å². The maximum Gasteiger partial charge on any atom is 0.0364 e. The molecule has 0 aromatic rings. The third kappa shape index (κ3) is 5.12. The Morgan fingerprint density at radius 2 is 1.77 bits per heavy atom. The van der Waals surface area contributed by atoms with Crippen LogP contribution in [0.2, 0.25) is 0 Å². The van der Waals surface area contributed by atoms with E-state index in [0.29, 0.717) is 24.6 Å². The van der Waals surface area contributed by atoms with Gasteiger partial charge in [-0.3, -0.25) is 0 Å². The van der Waals surface area contributed by atoms with Gasteiger partial charge in [0.2, 0.25) is 0 Å². The molecule has 0 rings (SSSR count). The average Bonchev–Trinajstić information content (AvgIpc) is 2.14. The zero-order chi connectivity index (χ0) is 10.5. The van der Waals surface area contributed by atoms with Gasteiger partial charge < -0.3 is 16.8 Å². The topological polar surface area (TPSA) is 64.1 Å². The van der Waals surface area contributed by atoms with Gasteiger partial charge in [0.1, 0.15) is 0 Å². The van der Waals surface area contributed by atoms with Gasteiger partial charge in [0.25, 0.3) is 0 Å². The summed E-state index contributed by atoms with van der Waals surface area (Å²) >= 11 is 8.41. The maximum atomic E-state index is 5.93. The molecule has 0 fully saturated rings. The number of thiol groups is 2. The molecule has 13 heavy (non-hydrogen) atoms. The zero-order valence-electron chi connectivity index (χ0n) is 8.38. The molecule has 0 heterocycles. The molecular formula is C8H21N3S2. The van der Waals surface area contributed by atoms with Crippen molar-refractivity contribution in [1.82, 2.24) is 5.32 Å². The van der Waals surface area contributed by atoms with Gasteiger partial charge in [-0.05, 0) is 13.8 Å². The van der Waals surface area contributed by atoms with E-state index in [4.69, 9.17) is 11.5 Å².